The third kappa shape index (κ3) is 5.30. The Labute approximate surface area is 144 Å². The highest BCUT2D eigenvalue weighted by Gasteiger charge is 2.12. The first-order valence-corrected chi connectivity index (χ1v) is 8.46. The summed E-state index contributed by atoms with van der Waals surface area (Å²) in [4.78, 5) is 0. The highest BCUT2D eigenvalue weighted by Crippen LogP contribution is 2.25. The fraction of sp³-hybridized carbons (Fsp3) is 0.294. The Bertz CT molecular complexity index is 584. The van der Waals surface area contributed by atoms with E-state index in [1.54, 1.807) is 0 Å². The normalized spacial score (nSPS) is 12.4. The Morgan fingerprint density at radius 1 is 1.05 bits per heavy atom. The topological polar surface area (TPSA) is 12.0 Å². The molecule has 4 heteroatoms. The summed E-state index contributed by atoms with van der Waals surface area (Å²) in [5.41, 5.74) is 2.49. The van der Waals surface area contributed by atoms with Crippen molar-refractivity contribution in [1.29, 1.82) is 0 Å². The third-order valence-corrected chi connectivity index (χ3v) is 4.55. The van der Waals surface area contributed by atoms with Crippen LogP contribution in [0.3, 0.4) is 0 Å². The second-order valence-electron chi connectivity index (χ2n) is 5.19. The average molecular weight is 387 g/mol. The maximum atomic E-state index is 6.33. The second-order valence-corrected chi connectivity index (χ2v) is 6.95. The quantitative estimate of drug-likeness (QED) is 0.702. The van der Waals surface area contributed by atoms with Gasteiger partial charge in [-0.05, 0) is 67.7 Å². The van der Waals surface area contributed by atoms with Crippen LogP contribution in [0.5, 0.6) is 0 Å². The minimum absolute atomic E-state index is 0.495. The van der Waals surface area contributed by atoms with Gasteiger partial charge in [0.15, 0.2) is 0 Å². The SMILES string of the molecule is CNCC(Cc1ccc(Cl)cc1)Cc1ccc(Br)cc1Cl. The highest BCUT2D eigenvalue weighted by molar-refractivity contribution is 9.10. The molecule has 2 aromatic rings. The molecule has 21 heavy (non-hydrogen) atoms. The molecule has 1 unspecified atom stereocenters. The minimum Gasteiger partial charge on any atom is -0.319 e. The van der Waals surface area contributed by atoms with Gasteiger partial charge in [0.05, 0.1) is 0 Å². The van der Waals surface area contributed by atoms with Crippen molar-refractivity contribution in [3.63, 3.8) is 0 Å². The Hall–Kier alpha value is -0.540. The van der Waals surface area contributed by atoms with Gasteiger partial charge in [0.1, 0.15) is 0 Å². The van der Waals surface area contributed by atoms with Gasteiger partial charge in [-0.15, -0.1) is 0 Å². The van der Waals surface area contributed by atoms with Crippen molar-refractivity contribution < 1.29 is 0 Å². The molecule has 112 valence electrons. The molecule has 0 heterocycles. The van der Waals surface area contributed by atoms with Crippen molar-refractivity contribution in [3.8, 4) is 0 Å². The zero-order chi connectivity index (χ0) is 15.2. The van der Waals surface area contributed by atoms with Crippen LogP contribution in [0.2, 0.25) is 10.0 Å². The molecule has 2 aromatic carbocycles. The zero-order valence-electron chi connectivity index (χ0n) is 11.9. The van der Waals surface area contributed by atoms with E-state index >= 15 is 0 Å². The molecule has 1 N–H and O–H groups in total. The van der Waals surface area contributed by atoms with E-state index in [1.165, 1.54) is 11.1 Å². The smallest absolute Gasteiger partial charge is 0.0449 e. The molecule has 2 rings (SSSR count). The van der Waals surface area contributed by atoms with Gasteiger partial charge in [0.25, 0.3) is 0 Å². The van der Waals surface area contributed by atoms with Gasteiger partial charge in [-0.25, -0.2) is 0 Å². The van der Waals surface area contributed by atoms with E-state index < -0.39 is 0 Å². The van der Waals surface area contributed by atoms with Gasteiger partial charge in [-0.3, -0.25) is 0 Å². The summed E-state index contributed by atoms with van der Waals surface area (Å²) >= 11 is 15.7. The Kier molecular flexibility index (Phi) is 6.56. The number of halogens is 3. The molecular formula is C17H18BrCl2N. The van der Waals surface area contributed by atoms with Crippen LogP contribution in [0, 0.1) is 5.92 Å². The monoisotopic (exact) mass is 385 g/mol. The van der Waals surface area contributed by atoms with Crippen molar-refractivity contribution in [2.24, 2.45) is 5.92 Å². The van der Waals surface area contributed by atoms with Crippen molar-refractivity contribution in [3.05, 3.63) is 68.1 Å². The lowest BCUT2D eigenvalue weighted by atomic mass is 9.92. The van der Waals surface area contributed by atoms with E-state index in [1.807, 2.05) is 31.3 Å². The standard InChI is InChI=1S/C17H18BrCl2N/c1-21-11-13(8-12-2-6-16(19)7-3-12)9-14-4-5-15(18)10-17(14)20/h2-7,10,13,21H,8-9,11H2,1H3. The summed E-state index contributed by atoms with van der Waals surface area (Å²) in [7, 11) is 1.98. The van der Waals surface area contributed by atoms with Gasteiger partial charge < -0.3 is 5.32 Å². The highest BCUT2D eigenvalue weighted by atomic mass is 79.9. The Morgan fingerprint density at radius 3 is 2.38 bits per heavy atom. The van der Waals surface area contributed by atoms with Gasteiger partial charge in [0.2, 0.25) is 0 Å². The van der Waals surface area contributed by atoms with E-state index in [9.17, 15) is 0 Å². The second kappa shape index (κ2) is 8.19. The van der Waals surface area contributed by atoms with Crippen molar-refractivity contribution in [1.82, 2.24) is 5.32 Å². The van der Waals surface area contributed by atoms with Crippen LogP contribution in [0.15, 0.2) is 46.9 Å². The van der Waals surface area contributed by atoms with Crippen molar-refractivity contribution in [2.75, 3.05) is 13.6 Å². The van der Waals surface area contributed by atoms with Crippen LogP contribution >= 0.6 is 39.1 Å². The van der Waals surface area contributed by atoms with E-state index in [-0.39, 0.29) is 0 Å². The molecule has 0 saturated carbocycles. The van der Waals surface area contributed by atoms with Crippen LogP contribution in [0.4, 0.5) is 0 Å². The molecule has 0 aliphatic heterocycles. The first-order valence-electron chi connectivity index (χ1n) is 6.91. The lowest BCUT2D eigenvalue weighted by molar-refractivity contribution is 0.493. The predicted molar refractivity (Wildman–Crippen MR) is 95.4 cm³/mol. The number of rotatable bonds is 6. The minimum atomic E-state index is 0.495. The molecule has 0 saturated heterocycles. The van der Waals surface area contributed by atoms with Gasteiger partial charge in [-0.2, -0.15) is 0 Å². The number of hydrogen-bond acceptors (Lipinski definition) is 1. The Morgan fingerprint density at radius 2 is 1.76 bits per heavy atom. The summed E-state index contributed by atoms with van der Waals surface area (Å²) < 4.78 is 1.01. The maximum absolute atomic E-state index is 6.33. The van der Waals surface area contributed by atoms with E-state index in [0.717, 1.165) is 33.9 Å². The van der Waals surface area contributed by atoms with Gasteiger partial charge >= 0.3 is 0 Å². The zero-order valence-corrected chi connectivity index (χ0v) is 15.0. The molecular weight excluding hydrogens is 369 g/mol. The molecule has 0 spiro atoms. The van der Waals surface area contributed by atoms with Crippen molar-refractivity contribution in [2.45, 2.75) is 12.8 Å². The van der Waals surface area contributed by atoms with E-state index in [0.29, 0.717) is 5.92 Å². The lowest BCUT2D eigenvalue weighted by Crippen LogP contribution is -2.23. The lowest BCUT2D eigenvalue weighted by Gasteiger charge is -2.18. The molecule has 0 bridgehead atoms. The molecule has 0 amide bonds. The number of benzene rings is 2. The molecule has 0 aliphatic rings. The van der Waals surface area contributed by atoms with Crippen LogP contribution in [0.1, 0.15) is 11.1 Å². The van der Waals surface area contributed by atoms with E-state index in [4.69, 9.17) is 23.2 Å². The maximum Gasteiger partial charge on any atom is 0.0449 e. The van der Waals surface area contributed by atoms with Gasteiger partial charge in [0, 0.05) is 14.5 Å². The Balaban J connectivity index is 2.09. The van der Waals surface area contributed by atoms with Crippen LogP contribution in [-0.2, 0) is 12.8 Å². The number of nitrogens with one attached hydrogen (secondary N) is 1. The summed E-state index contributed by atoms with van der Waals surface area (Å²) in [6, 6.07) is 14.2. The molecule has 0 aromatic heterocycles. The average Bonchev–Trinajstić information content (AvgIpc) is 2.44. The number of hydrogen-bond donors (Lipinski definition) is 1. The molecule has 1 nitrogen and oxygen atoms in total. The summed E-state index contributed by atoms with van der Waals surface area (Å²) in [6.45, 7) is 0.953. The van der Waals surface area contributed by atoms with Crippen LogP contribution in [-0.4, -0.2) is 13.6 Å². The summed E-state index contributed by atoms with van der Waals surface area (Å²) in [5, 5.41) is 4.87. The summed E-state index contributed by atoms with van der Waals surface area (Å²) in [5.74, 6) is 0.495. The van der Waals surface area contributed by atoms with Crippen LogP contribution < -0.4 is 5.32 Å². The first-order chi connectivity index (χ1) is 10.1. The molecule has 0 fully saturated rings. The van der Waals surface area contributed by atoms with Crippen LogP contribution in [0.25, 0.3) is 0 Å². The fourth-order valence-corrected chi connectivity index (χ4v) is 3.33. The first kappa shape index (κ1) is 16.8. The van der Waals surface area contributed by atoms with Crippen molar-refractivity contribution >= 4 is 39.1 Å². The molecule has 0 radical (unpaired) electrons. The molecule has 1 atom stereocenters. The molecule has 0 aliphatic carbocycles. The van der Waals surface area contributed by atoms with E-state index in [2.05, 4.69) is 39.4 Å². The third-order valence-electron chi connectivity index (χ3n) is 3.45. The van der Waals surface area contributed by atoms with Gasteiger partial charge in [-0.1, -0.05) is 57.3 Å². The predicted octanol–water partition coefficient (Wildman–Crippen LogP) is 5.38. The largest absolute Gasteiger partial charge is 0.319 e. The summed E-state index contributed by atoms with van der Waals surface area (Å²) in [6.07, 6.45) is 1.96. The fourth-order valence-electron chi connectivity index (χ4n) is 2.46.